The first kappa shape index (κ1) is 37.8. The van der Waals surface area contributed by atoms with Crippen LogP contribution in [0.3, 0.4) is 0 Å². The van der Waals surface area contributed by atoms with Crippen LogP contribution in [-0.4, -0.2) is 93.3 Å². The lowest BCUT2D eigenvalue weighted by molar-refractivity contribution is -0.206. The smallest absolute Gasteiger partial charge is 0.325 e. The number of nitrogens with one attached hydrogen (secondary N) is 2. The molecule has 3 aromatic rings. The van der Waals surface area contributed by atoms with E-state index in [-0.39, 0.29) is 35.5 Å². The summed E-state index contributed by atoms with van der Waals surface area (Å²) in [6.07, 6.45) is 8.87. The highest BCUT2D eigenvalue weighted by Gasteiger charge is 2.68. The van der Waals surface area contributed by atoms with Gasteiger partial charge in [0.15, 0.2) is 17.0 Å². The second kappa shape index (κ2) is 14.6. The predicted octanol–water partition coefficient (Wildman–Crippen LogP) is 5.45. The first-order valence-electron chi connectivity index (χ1n) is 19.4. The van der Waals surface area contributed by atoms with Gasteiger partial charge in [-0.15, -0.1) is 6.58 Å². The molecular formula is C41H55N9O4. The summed E-state index contributed by atoms with van der Waals surface area (Å²) in [4.78, 5) is 45.6. The number of hydrogen-bond donors (Lipinski definition) is 3. The Morgan fingerprint density at radius 1 is 1.13 bits per heavy atom. The second-order valence-corrected chi connectivity index (χ2v) is 16.8. The fourth-order valence-electron chi connectivity index (χ4n) is 10.3. The lowest BCUT2D eigenvalue weighted by Gasteiger charge is -2.61. The molecule has 288 valence electrons. The number of piperazine rings is 1. The number of fused-ring (bicyclic) bond motifs is 1. The molecule has 8 atom stereocenters. The molecule has 3 heterocycles. The molecule has 1 aliphatic heterocycles. The van der Waals surface area contributed by atoms with Crippen LogP contribution in [0.15, 0.2) is 60.9 Å². The summed E-state index contributed by atoms with van der Waals surface area (Å²) in [7, 11) is 2.13. The molecule has 13 nitrogen and oxygen atoms in total. The first-order chi connectivity index (χ1) is 25.8. The Hall–Kier alpha value is -4.49. The van der Waals surface area contributed by atoms with Gasteiger partial charge in [-0.05, 0) is 55.5 Å². The molecular weight excluding hydrogens is 683 g/mol. The fraction of sp³-hybridized carbons (Fsp3) is 0.585. The average molecular weight is 738 g/mol. The highest BCUT2D eigenvalue weighted by atomic mass is 16.5. The maximum Gasteiger partial charge on any atom is 0.325 e. The SMILES string of the molecule is C=C[C@]1(C)C[C@@H](OC(=O)CN/C=C(\N=N)c2ccc(Cn3cnc4c(N5CCN(C)CC5)ncnc43)cc2)[C@]2(C)[C@H](C)CC[C@]3(CCC(=O)[C@H]32)[C@@H](C)[C@@H]1O. The topological polar surface area (TPSA) is 162 Å². The van der Waals surface area contributed by atoms with Gasteiger partial charge in [-0.3, -0.25) is 9.59 Å². The van der Waals surface area contributed by atoms with E-state index in [9.17, 15) is 14.7 Å². The first-order valence-corrected chi connectivity index (χ1v) is 19.4. The maximum absolute atomic E-state index is 13.7. The molecule has 2 aromatic heterocycles. The van der Waals surface area contributed by atoms with E-state index in [1.165, 1.54) is 0 Å². The number of nitrogens with zero attached hydrogens (tertiary/aromatic N) is 7. The minimum absolute atomic E-state index is 0.0888. The quantitative estimate of drug-likeness (QED) is 0.139. The normalized spacial score (nSPS) is 33.1. The Labute approximate surface area is 317 Å². The van der Waals surface area contributed by atoms with Crippen molar-refractivity contribution in [1.29, 1.82) is 5.53 Å². The molecule has 3 N–H and O–H groups in total. The molecule has 0 unspecified atom stereocenters. The molecule has 3 saturated carbocycles. The van der Waals surface area contributed by atoms with E-state index >= 15 is 0 Å². The summed E-state index contributed by atoms with van der Waals surface area (Å²) in [5.41, 5.74) is 9.93. The Bertz CT molecular complexity index is 1940. The van der Waals surface area contributed by atoms with Gasteiger partial charge >= 0.3 is 5.97 Å². The van der Waals surface area contributed by atoms with Gasteiger partial charge in [-0.2, -0.15) is 5.11 Å². The molecule has 2 bridgehead atoms. The van der Waals surface area contributed by atoms with E-state index in [4.69, 9.17) is 10.3 Å². The van der Waals surface area contributed by atoms with Gasteiger partial charge in [-0.1, -0.05) is 58.0 Å². The Balaban J connectivity index is 1.03. The van der Waals surface area contributed by atoms with Gasteiger partial charge in [0.2, 0.25) is 0 Å². The fourth-order valence-corrected chi connectivity index (χ4v) is 10.3. The number of Topliss-reactive ketones (excluding diaryl/α,β-unsaturated/α-hetero) is 1. The zero-order chi connectivity index (χ0) is 38.4. The van der Waals surface area contributed by atoms with E-state index in [0.717, 1.165) is 68.0 Å². The van der Waals surface area contributed by atoms with Crippen LogP contribution in [0.4, 0.5) is 5.82 Å². The third-order valence-corrected chi connectivity index (χ3v) is 14.0. The van der Waals surface area contributed by atoms with E-state index in [2.05, 4.69) is 69.6 Å². The van der Waals surface area contributed by atoms with E-state index in [1.54, 1.807) is 24.9 Å². The summed E-state index contributed by atoms with van der Waals surface area (Å²) in [6, 6.07) is 7.76. The van der Waals surface area contributed by atoms with Crippen molar-refractivity contribution in [3.63, 3.8) is 0 Å². The molecule has 0 radical (unpaired) electrons. The predicted molar refractivity (Wildman–Crippen MR) is 206 cm³/mol. The molecule has 1 saturated heterocycles. The number of aromatic nitrogens is 4. The number of likely N-dealkylation sites (N-methyl/N-ethyl adjacent to an activating group) is 1. The number of aliphatic hydroxyl groups excluding tert-OH is 1. The summed E-state index contributed by atoms with van der Waals surface area (Å²) in [5, 5.41) is 18.5. The highest BCUT2D eigenvalue weighted by molar-refractivity contribution is 5.86. The highest BCUT2D eigenvalue weighted by Crippen LogP contribution is 2.68. The number of carbonyl (C=O) groups excluding carboxylic acids is 2. The van der Waals surface area contributed by atoms with Gasteiger partial charge in [-0.25, -0.2) is 20.5 Å². The van der Waals surface area contributed by atoms with Crippen molar-refractivity contribution in [2.75, 3.05) is 44.7 Å². The van der Waals surface area contributed by atoms with E-state index in [0.29, 0.717) is 30.6 Å². The third-order valence-electron chi connectivity index (χ3n) is 14.0. The minimum atomic E-state index is -0.718. The van der Waals surface area contributed by atoms with Gasteiger partial charge in [0, 0.05) is 61.1 Å². The van der Waals surface area contributed by atoms with Crippen molar-refractivity contribution in [3.05, 3.63) is 66.9 Å². The van der Waals surface area contributed by atoms with Crippen LogP contribution in [-0.2, 0) is 20.9 Å². The van der Waals surface area contributed by atoms with Crippen molar-refractivity contribution in [2.45, 2.75) is 78.6 Å². The number of anilines is 1. The minimum Gasteiger partial charge on any atom is -0.460 e. The van der Waals surface area contributed by atoms with Crippen LogP contribution in [0.25, 0.3) is 16.9 Å². The molecule has 7 rings (SSSR count). The number of benzene rings is 1. The number of hydrogen-bond acceptors (Lipinski definition) is 12. The Kier molecular flexibility index (Phi) is 10.2. The standard InChI is InChI=1S/C41H55N9O4/c1-7-39(4)20-32(40(5)26(2)12-14-41(27(3)36(39)53)15-13-31(51)35(40)41)54-33(52)22-43-21-30(47-42)29-10-8-28(9-11-29)23-50-25-46-34-37(44-24-45-38(34)50)49-18-16-48(6)17-19-49/h7-11,21,24-27,32,35-36,42-43,53H,1,12-20,22-23H2,2-6H3/b30-21-,47-42?/t26-,27+,32-,35+,36+,39-,40+,41+/m1/s1. The number of imidazole rings is 1. The summed E-state index contributed by atoms with van der Waals surface area (Å²) >= 11 is 0. The van der Waals surface area contributed by atoms with Crippen molar-refractivity contribution in [3.8, 4) is 0 Å². The average Bonchev–Trinajstić information content (AvgIpc) is 3.75. The number of aliphatic hydroxyl groups is 1. The summed E-state index contributed by atoms with van der Waals surface area (Å²) in [6.45, 7) is 16.7. The largest absolute Gasteiger partial charge is 0.460 e. The van der Waals surface area contributed by atoms with Gasteiger partial charge in [0.05, 0.1) is 19.0 Å². The zero-order valence-corrected chi connectivity index (χ0v) is 32.3. The molecule has 4 aliphatic rings. The van der Waals surface area contributed by atoms with E-state index in [1.807, 2.05) is 35.8 Å². The lowest BCUT2D eigenvalue weighted by Crippen LogP contribution is -2.63. The molecule has 3 aliphatic carbocycles. The molecule has 4 fully saturated rings. The Morgan fingerprint density at radius 3 is 2.57 bits per heavy atom. The monoisotopic (exact) mass is 737 g/mol. The molecule has 0 amide bonds. The van der Waals surface area contributed by atoms with Crippen LogP contribution in [0, 0.1) is 39.5 Å². The summed E-state index contributed by atoms with van der Waals surface area (Å²) in [5.74, 6) is 0.402. The van der Waals surface area contributed by atoms with Gasteiger partial charge in [0.1, 0.15) is 30.5 Å². The molecule has 54 heavy (non-hydrogen) atoms. The van der Waals surface area contributed by atoms with Gasteiger partial charge < -0.3 is 29.5 Å². The van der Waals surface area contributed by atoms with Crippen LogP contribution < -0.4 is 10.2 Å². The Morgan fingerprint density at radius 2 is 1.87 bits per heavy atom. The van der Waals surface area contributed by atoms with Gasteiger partial charge in [0.25, 0.3) is 0 Å². The van der Waals surface area contributed by atoms with Crippen molar-refractivity contribution in [1.82, 2.24) is 29.7 Å². The maximum atomic E-state index is 13.7. The second-order valence-electron chi connectivity index (χ2n) is 16.8. The third kappa shape index (κ3) is 6.42. The van der Waals surface area contributed by atoms with Crippen LogP contribution >= 0.6 is 0 Å². The zero-order valence-electron chi connectivity index (χ0n) is 32.3. The number of ketones is 1. The number of ether oxygens (including phenoxy) is 1. The van der Waals surface area contributed by atoms with E-state index < -0.39 is 29.0 Å². The van der Waals surface area contributed by atoms with Crippen LogP contribution in [0.5, 0.6) is 0 Å². The van der Waals surface area contributed by atoms with Crippen LogP contribution in [0.1, 0.15) is 70.9 Å². The van der Waals surface area contributed by atoms with Crippen LogP contribution in [0.2, 0.25) is 0 Å². The number of carbonyl (C=O) groups is 2. The number of esters is 1. The van der Waals surface area contributed by atoms with Crippen molar-refractivity contribution >= 4 is 34.4 Å². The molecule has 0 spiro atoms. The summed E-state index contributed by atoms with van der Waals surface area (Å²) < 4.78 is 8.35. The van der Waals surface area contributed by atoms with Crippen molar-refractivity contribution in [2.24, 2.45) is 39.1 Å². The molecule has 1 aromatic carbocycles. The lowest BCUT2D eigenvalue weighted by atomic mass is 9.44. The molecule has 13 heteroatoms. The van der Waals surface area contributed by atoms with Crippen molar-refractivity contribution < 1.29 is 19.4 Å². The number of rotatable bonds is 10.